The number of aromatic hydroxyl groups is 1. The standard InChI is InChI=1S/C19H23N3O3/c1-11-6-13(7-12(2)18(11)23)19-21-10-15-16(22-19)8-14(25-5-4-20)9-17(15)24-3/h6-10,19,22-23H,4-5,20H2,1-3H3. The Balaban J connectivity index is 1.95. The topological polar surface area (TPSA) is 89.1 Å². The molecule has 0 aromatic heterocycles. The van der Waals surface area contributed by atoms with Crippen molar-refractivity contribution in [3.63, 3.8) is 0 Å². The molecule has 0 amide bonds. The highest BCUT2D eigenvalue weighted by Gasteiger charge is 2.21. The fraction of sp³-hybridized carbons (Fsp3) is 0.316. The fourth-order valence-corrected chi connectivity index (χ4v) is 2.93. The molecule has 132 valence electrons. The SMILES string of the molecule is COc1cc(OCCN)cc2c1C=NC(c1cc(C)c(O)c(C)c1)N2. The summed E-state index contributed by atoms with van der Waals surface area (Å²) < 4.78 is 11.1. The predicted octanol–water partition coefficient (Wildman–Crippen LogP) is 2.90. The molecule has 1 aliphatic rings. The van der Waals surface area contributed by atoms with Gasteiger partial charge < -0.3 is 25.6 Å². The summed E-state index contributed by atoms with van der Waals surface area (Å²) in [6.07, 6.45) is 1.57. The minimum absolute atomic E-state index is 0.236. The highest BCUT2D eigenvalue weighted by atomic mass is 16.5. The molecule has 2 aromatic rings. The van der Waals surface area contributed by atoms with E-state index in [1.54, 1.807) is 13.3 Å². The van der Waals surface area contributed by atoms with Gasteiger partial charge in [0.15, 0.2) is 0 Å². The number of phenolic OH excluding ortho intramolecular Hbond substituents is 1. The molecule has 0 bridgehead atoms. The Bertz CT molecular complexity index is 795. The van der Waals surface area contributed by atoms with Crippen molar-refractivity contribution < 1.29 is 14.6 Å². The molecule has 0 radical (unpaired) electrons. The number of ether oxygens (including phenoxy) is 2. The number of rotatable bonds is 5. The predicted molar refractivity (Wildman–Crippen MR) is 99.1 cm³/mol. The number of benzene rings is 2. The number of hydrogen-bond donors (Lipinski definition) is 3. The molecular weight excluding hydrogens is 318 g/mol. The highest BCUT2D eigenvalue weighted by molar-refractivity contribution is 5.94. The maximum atomic E-state index is 9.97. The van der Waals surface area contributed by atoms with Crippen LogP contribution in [0.2, 0.25) is 0 Å². The molecule has 1 unspecified atom stereocenters. The van der Waals surface area contributed by atoms with Crippen molar-refractivity contribution in [2.75, 3.05) is 25.6 Å². The Hall–Kier alpha value is -2.73. The third kappa shape index (κ3) is 3.39. The summed E-state index contributed by atoms with van der Waals surface area (Å²) in [6, 6.07) is 7.63. The zero-order chi connectivity index (χ0) is 18.0. The average Bonchev–Trinajstić information content (AvgIpc) is 2.62. The molecule has 0 spiro atoms. The number of hydrogen-bond acceptors (Lipinski definition) is 6. The Labute approximate surface area is 147 Å². The second-order valence-corrected chi connectivity index (χ2v) is 6.05. The summed E-state index contributed by atoms with van der Waals surface area (Å²) in [5.41, 5.74) is 9.92. The van der Waals surface area contributed by atoms with Crippen LogP contribution in [-0.2, 0) is 0 Å². The minimum Gasteiger partial charge on any atom is -0.507 e. The lowest BCUT2D eigenvalue weighted by Crippen LogP contribution is -2.16. The number of nitrogens with one attached hydrogen (secondary N) is 1. The van der Waals surface area contributed by atoms with Crippen LogP contribution >= 0.6 is 0 Å². The van der Waals surface area contributed by atoms with E-state index in [4.69, 9.17) is 15.2 Å². The van der Waals surface area contributed by atoms with Crippen molar-refractivity contribution in [3.05, 3.63) is 46.5 Å². The van der Waals surface area contributed by atoms with Gasteiger partial charge in [-0.3, -0.25) is 4.99 Å². The monoisotopic (exact) mass is 341 g/mol. The van der Waals surface area contributed by atoms with Gasteiger partial charge in [0.2, 0.25) is 0 Å². The van der Waals surface area contributed by atoms with Crippen molar-refractivity contribution >= 4 is 11.9 Å². The number of nitrogens with two attached hydrogens (primary N) is 1. The molecule has 3 rings (SSSR count). The number of methoxy groups -OCH3 is 1. The van der Waals surface area contributed by atoms with Gasteiger partial charge in [-0.05, 0) is 42.7 Å². The van der Waals surface area contributed by atoms with Gasteiger partial charge >= 0.3 is 0 Å². The lowest BCUT2D eigenvalue weighted by Gasteiger charge is -2.25. The summed E-state index contributed by atoms with van der Waals surface area (Å²) in [5.74, 6) is 1.71. The van der Waals surface area contributed by atoms with Gasteiger partial charge in [-0.25, -0.2) is 0 Å². The largest absolute Gasteiger partial charge is 0.507 e. The Morgan fingerprint density at radius 2 is 1.92 bits per heavy atom. The molecule has 6 nitrogen and oxygen atoms in total. The van der Waals surface area contributed by atoms with Crippen LogP contribution in [0.25, 0.3) is 0 Å². The Morgan fingerprint density at radius 3 is 2.56 bits per heavy atom. The summed E-state index contributed by atoms with van der Waals surface area (Å²) in [7, 11) is 1.62. The second kappa shape index (κ2) is 7.03. The first kappa shape index (κ1) is 17.1. The van der Waals surface area contributed by atoms with Gasteiger partial charge in [0.25, 0.3) is 0 Å². The maximum Gasteiger partial charge on any atom is 0.144 e. The summed E-state index contributed by atoms with van der Waals surface area (Å²) in [5, 5.41) is 13.4. The molecule has 1 atom stereocenters. The first-order valence-electron chi connectivity index (χ1n) is 8.18. The van der Waals surface area contributed by atoms with Gasteiger partial charge in [0.05, 0.1) is 18.4 Å². The molecular formula is C19H23N3O3. The number of fused-ring (bicyclic) bond motifs is 1. The van der Waals surface area contributed by atoms with E-state index in [-0.39, 0.29) is 6.17 Å². The molecule has 4 N–H and O–H groups in total. The van der Waals surface area contributed by atoms with Crippen molar-refractivity contribution in [2.24, 2.45) is 10.7 Å². The smallest absolute Gasteiger partial charge is 0.144 e. The van der Waals surface area contributed by atoms with Crippen LogP contribution in [-0.4, -0.2) is 31.6 Å². The quantitative estimate of drug-likeness (QED) is 0.778. The van der Waals surface area contributed by atoms with Crippen molar-refractivity contribution in [2.45, 2.75) is 20.0 Å². The van der Waals surface area contributed by atoms with Crippen molar-refractivity contribution in [1.29, 1.82) is 0 Å². The van der Waals surface area contributed by atoms with E-state index in [0.717, 1.165) is 27.9 Å². The highest BCUT2D eigenvalue weighted by Crippen LogP contribution is 2.37. The van der Waals surface area contributed by atoms with Gasteiger partial charge in [-0.2, -0.15) is 0 Å². The van der Waals surface area contributed by atoms with Gasteiger partial charge in [-0.15, -0.1) is 0 Å². The summed E-state index contributed by atoms with van der Waals surface area (Å²) in [6.45, 7) is 4.65. The van der Waals surface area contributed by atoms with Crippen LogP contribution in [0.15, 0.2) is 29.3 Å². The third-order valence-electron chi connectivity index (χ3n) is 4.20. The number of aliphatic imine (C=N–C) groups is 1. The van der Waals surface area contributed by atoms with E-state index >= 15 is 0 Å². The summed E-state index contributed by atoms with van der Waals surface area (Å²) >= 11 is 0. The molecule has 1 heterocycles. The average molecular weight is 341 g/mol. The zero-order valence-electron chi connectivity index (χ0n) is 14.7. The first-order chi connectivity index (χ1) is 12.0. The van der Waals surface area contributed by atoms with E-state index in [2.05, 4.69) is 10.3 Å². The number of nitrogens with zero attached hydrogens (tertiary/aromatic N) is 1. The number of phenols is 1. The van der Waals surface area contributed by atoms with Crippen LogP contribution in [0.1, 0.15) is 28.4 Å². The summed E-state index contributed by atoms with van der Waals surface area (Å²) in [4.78, 5) is 4.59. The van der Waals surface area contributed by atoms with Crippen molar-refractivity contribution in [1.82, 2.24) is 0 Å². The molecule has 0 aliphatic carbocycles. The van der Waals surface area contributed by atoms with Crippen LogP contribution in [0.4, 0.5) is 5.69 Å². The van der Waals surface area contributed by atoms with E-state index in [1.165, 1.54) is 0 Å². The Morgan fingerprint density at radius 1 is 1.20 bits per heavy atom. The first-order valence-corrected chi connectivity index (χ1v) is 8.18. The van der Waals surface area contributed by atoms with Gasteiger partial charge in [-0.1, -0.05) is 0 Å². The van der Waals surface area contributed by atoms with Gasteiger partial charge in [0, 0.05) is 24.9 Å². The fourth-order valence-electron chi connectivity index (χ4n) is 2.93. The van der Waals surface area contributed by atoms with E-state index in [0.29, 0.717) is 30.4 Å². The minimum atomic E-state index is -0.236. The lowest BCUT2D eigenvalue weighted by atomic mass is 10.0. The molecule has 2 aromatic carbocycles. The third-order valence-corrected chi connectivity index (χ3v) is 4.20. The van der Waals surface area contributed by atoms with E-state index in [1.807, 2.05) is 38.1 Å². The maximum absolute atomic E-state index is 9.97. The second-order valence-electron chi connectivity index (χ2n) is 6.05. The van der Waals surface area contributed by atoms with E-state index in [9.17, 15) is 5.11 Å². The van der Waals surface area contributed by atoms with Crippen LogP contribution in [0, 0.1) is 13.8 Å². The van der Waals surface area contributed by atoms with E-state index < -0.39 is 0 Å². The number of anilines is 1. The molecule has 0 saturated carbocycles. The molecule has 0 fully saturated rings. The lowest BCUT2D eigenvalue weighted by molar-refractivity contribution is 0.325. The number of aryl methyl sites for hydroxylation is 2. The zero-order valence-corrected chi connectivity index (χ0v) is 14.7. The molecule has 6 heteroatoms. The molecule has 1 aliphatic heterocycles. The van der Waals surface area contributed by atoms with Gasteiger partial charge in [0.1, 0.15) is 30.0 Å². The van der Waals surface area contributed by atoms with Crippen LogP contribution in [0.3, 0.4) is 0 Å². The Kier molecular flexibility index (Phi) is 4.81. The normalized spacial score (nSPS) is 15.4. The van der Waals surface area contributed by atoms with Crippen molar-refractivity contribution in [3.8, 4) is 17.2 Å². The van der Waals surface area contributed by atoms with Crippen LogP contribution in [0.5, 0.6) is 17.2 Å². The molecule has 25 heavy (non-hydrogen) atoms. The van der Waals surface area contributed by atoms with Crippen LogP contribution < -0.4 is 20.5 Å². The molecule has 0 saturated heterocycles.